The second-order valence-corrected chi connectivity index (χ2v) is 10.1. The second-order valence-electron chi connectivity index (χ2n) is 10.1. The normalized spacial score (nSPS) is 31.9. The molecule has 0 saturated carbocycles. The van der Waals surface area contributed by atoms with Crippen molar-refractivity contribution in [1.82, 2.24) is 5.43 Å². The molecule has 5 atom stereocenters. The molecule has 0 spiro atoms. The summed E-state index contributed by atoms with van der Waals surface area (Å²) in [6, 6.07) is 6.88. The van der Waals surface area contributed by atoms with Gasteiger partial charge in [-0.3, -0.25) is 9.59 Å². The Morgan fingerprint density at radius 3 is 2.70 bits per heavy atom. The van der Waals surface area contributed by atoms with Crippen LogP contribution >= 0.6 is 0 Å². The van der Waals surface area contributed by atoms with Gasteiger partial charge < -0.3 is 14.5 Å². The lowest BCUT2D eigenvalue weighted by Gasteiger charge is -2.46. The van der Waals surface area contributed by atoms with Crippen molar-refractivity contribution in [1.29, 1.82) is 0 Å². The lowest BCUT2D eigenvalue weighted by atomic mass is 9.94. The Bertz CT molecular complexity index is 913. The average Bonchev–Trinajstić information content (AvgIpc) is 3.33. The van der Waals surface area contributed by atoms with Crippen LogP contribution in [-0.4, -0.2) is 61.3 Å². The molecular formula is C26H39N4O3+. The lowest BCUT2D eigenvalue weighted by Crippen LogP contribution is -2.64. The van der Waals surface area contributed by atoms with Gasteiger partial charge in [0.1, 0.15) is 12.1 Å². The first-order chi connectivity index (χ1) is 15.7. The van der Waals surface area contributed by atoms with Crippen LogP contribution in [0.3, 0.4) is 0 Å². The van der Waals surface area contributed by atoms with E-state index in [1.54, 1.807) is 6.92 Å². The molecule has 3 heterocycles. The summed E-state index contributed by atoms with van der Waals surface area (Å²) in [4.78, 5) is 29.6. The molecule has 1 N–H and O–H groups in total. The van der Waals surface area contributed by atoms with Crippen LogP contribution in [0.25, 0.3) is 0 Å². The first-order valence-electron chi connectivity index (χ1n) is 12.4. The SMILES string of the molecule is C=CCC[N+]1(C)NC(c2ccc3c(c2)N(C(=O)C2CCCO2)CC(C)N3C(C)=O)CCC1C. The van der Waals surface area contributed by atoms with Crippen LogP contribution in [0.5, 0.6) is 0 Å². The van der Waals surface area contributed by atoms with E-state index >= 15 is 0 Å². The highest BCUT2D eigenvalue weighted by molar-refractivity contribution is 6.05. The van der Waals surface area contributed by atoms with Crippen LogP contribution < -0.4 is 15.2 Å². The molecule has 33 heavy (non-hydrogen) atoms. The van der Waals surface area contributed by atoms with E-state index in [0.717, 1.165) is 60.2 Å². The van der Waals surface area contributed by atoms with Crippen molar-refractivity contribution in [2.45, 2.75) is 77.1 Å². The summed E-state index contributed by atoms with van der Waals surface area (Å²) in [6.45, 7) is 11.9. The number of nitrogens with one attached hydrogen (secondary N) is 1. The number of carbonyl (C=O) groups is 2. The van der Waals surface area contributed by atoms with Crippen molar-refractivity contribution in [3.63, 3.8) is 0 Å². The van der Waals surface area contributed by atoms with Crippen molar-refractivity contribution in [2.75, 3.05) is 36.5 Å². The largest absolute Gasteiger partial charge is 0.368 e. The Hall–Kier alpha value is -2.22. The number of fused-ring (bicyclic) bond motifs is 1. The molecule has 5 unspecified atom stereocenters. The predicted molar refractivity (Wildman–Crippen MR) is 131 cm³/mol. The highest BCUT2D eigenvalue weighted by atomic mass is 16.5. The summed E-state index contributed by atoms with van der Waals surface area (Å²) < 4.78 is 6.52. The minimum Gasteiger partial charge on any atom is -0.368 e. The average molecular weight is 456 g/mol. The fourth-order valence-corrected chi connectivity index (χ4v) is 5.62. The van der Waals surface area contributed by atoms with Gasteiger partial charge in [-0.15, -0.1) is 6.58 Å². The van der Waals surface area contributed by atoms with Gasteiger partial charge in [0.2, 0.25) is 5.91 Å². The molecule has 0 aliphatic carbocycles. The number of carbonyl (C=O) groups excluding carboxylic acids is 2. The van der Waals surface area contributed by atoms with Gasteiger partial charge in [-0.1, -0.05) is 12.1 Å². The van der Waals surface area contributed by atoms with Gasteiger partial charge in [0, 0.05) is 32.9 Å². The Kier molecular flexibility index (Phi) is 6.93. The van der Waals surface area contributed by atoms with E-state index in [2.05, 4.69) is 38.1 Å². The molecule has 0 radical (unpaired) electrons. The van der Waals surface area contributed by atoms with E-state index in [1.165, 1.54) is 0 Å². The summed E-state index contributed by atoms with van der Waals surface area (Å²) in [5.41, 5.74) is 6.65. The summed E-state index contributed by atoms with van der Waals surface area (Å²) in [6.07, 6.45) is 6.39. The Morgan fingerprint density at radius 1 is 1.24 bits per heavy atom. The minimum atomic E-state index is -0.384. The minimum absolute atomic E-state index is 0.000927. The second kappa shape index (κ2) is 9.57. The number of quaternary nitrogens is 1. The molecule has 2 amide bonds. The van der Waals surface area contributed by atoms with Crippen LogP contribution in [0.2, 0.25) is 0 Å². The van der Waals surface area contributed by atoms with E-state index in [0.29, 0.717) is 19.2 Å². The molecule has 3 aliphatic heterocycles. The van der Waals surface area contributed by atoms with Crippen molar-refractivity contribution < 1.29 is 18.9 Å². The van der Waals surface area contributed by atoms with Gasteiger partial charge in [0.05, 0.1) is 37.1 Å². The standard InChI is InChI=1S/C26H39N4O3/c1-6-7-14-30(5)19(3)10-12-22(27-30)21-11-13-23-24(16-21)28(17-18(2)29(23)20(4)31)26(32)25-9-8-15-33-25/h6,11,13,16,18-19,22,25,27H,1,7-10,12,14-15,17H2,2-5H3/q+1. The molecule has 2 fully saturated rings. The zero-order valence-electron chi connectivity index (χ0n) is 20.5. The van der Waals surface area contributed by atoms with Crippen LogP contribution in [-0.2, 0) is 14.3 Å². The highest BCUT2D eigenvalue weighted by Crippen LogP contribution is 2.40. The van der Waals surface area contributed by atoms with Crippen molar-refractivity contribution >= 4 is 23.2 Å². The molecular weight excluding hydrogens is 416 g/mol. The third kappa shape index (κ3) is 4.59. The molecule has 4 rings (SSSR count). The van der Waals surface area contributed by atoms with Gasteiger partial charge in [-0.05, 0) is 50.8 Å². The third-order valence-electron chi connectivity index (χ3n) is 7.74. The lowest BCUT2D eigenvalue weighted by molar-refractivity contribution is -0.981. The summed E-state index contributed by atoms with van der Waals surface area (Å²) >= 11 is 0. The molecule has 3 aliphatic rings. The maximum atomic E-state index is 13.4. The molecule has 0 aromatic heterocycles. The van der Waals surface area contributed by atoms with Crippen molar-refractivity contribution in [3.05, 3.63) is 36.4 Å². The number of amides is 2. The Labute approximate surface area is 197 Å². The molecule has 2 saturated heterocycles. The van der Waals surface area contributed by atoms with Crippen LogP contribution in [0, 0.1) is 0 Å². The fourth-order valence-electron chi connectivity index (χ4n) is 5.62. The highest BCUT2D eigenvalue weighted by Gasteiger charge is 2.40. The van der Waals surface area contributed by atoms with Crippen molar-refractivity contribution in [3.8, 4) is 0 Å². The molecule has 1 aromatic carbocycles. The first-order valence-corrected chi connectivity index (χ1v) is 12.4. The summed E-state index contributed by atoms with van der Waals surface area (Å²) in [5, 5.41) is 0. The number of anilines is 2. The molecule has 0 bridgehead atoms. The Morgan fingerprint density at radius 2 is 2.03 bits per heavy atom. The quantitative estimate of drug-likeness (QED) is 0.543. The zero-order chi connectivity index (χ0) is 23.8. The van der Waals surface area contributed by atoms with Gasteiger partial charge in [0.15, 0.2) is 0 Å². The molecule has 180 valence electrons. The van der Waals surface area contributed by atoms with E-state index in [4.69, 9.17) is 4.74 Å². The van der Waals surface area contributed by atoms with E-state index in [-0.39, 0.29) is 30.0 Å². The number of ether oxygens (including phenoxy) is 1. The zero-order valence-corrected chi connectivity index (χ0v) is 20.5. The first kappa shape index (κ1) is 23.9. The van der Waals surface area contributed by atoms with E-state index < -0.39 is 0 Å². The van der Waals surface area contributed by atoms with Gasteiger partial charge in [-0.2, -0.15) is 5.43 Å². The predicted octanol–water partition coefficient (Wildman–Crippen LogP) is 3.70. The molecule has 7 nitrogen and oxygen atoms in total. The number of benzene rings is 1. The Balaban J connectivity index is 1.68. The summed E-state index contributed by atoms with van der Waals surface area (Å²) in [7, 11) is 2.26. The summed E-state index contributed by atoms with van der Waals surface area (Å²) in [5.74, 6) is 0.0109. The van der Waals surface area contributed by atoms with Gasteiger partial charge >= 0.3 is 0 Å². The topological polar surface area (TPSA) is 61.9 Å². The van der Waals surface area contributed by atoms with Crippen LogP contribution in [0.4, 0.5) is 11.4 Å². The maximum Gasteiger partial charge on any atom is 0.256 e. The van der Waals surface area contributed by atoms with Crippen LogP contribution in [0.1, 0.15) is 64.5 Å². The number of nitrogens with zero attached hydrogens (tertiary/aromatic N) is 3. The monoisotopic (exact) mass is 455 g/mol. The number of hydrogen-bond donors (Lipinski definition) is 1. The third-order valence-corrected chi connectivity index (χ3v) is 7.74. The van der Waals surface area contributed by atoms with E-state index in [1.807, 2.05) is 28.9 Å². The number of hydrogen-bond acceptors (Lipinski definition) is 4. The van der Waals surface area contributed by atoms with Crippen molar-refractivity contribution in [2.24, 2.45) is 0 Å². The number of rotatable bonds is 5. The molecule has 1 aromatic rings. The van der Waals surface area contributed by atoms with Gasteiger partial charge in [0.25, 0.3) is 5.91 Å². The maximum absolute atomic E-state index is 13.4. The van der Waals surface area contributed by atoms with Gasteiger partial charge in [-0.25, -0.2) is 4.59 Å². The van der Waals surface area contributed by atoms with Crippen LogP contribution in [0.15, 0.2) is 30.9 Å². The smallest absolute Gasteiger partial charge is 0.256 e. The molecule has 7 heteroatoms. The fraction of sp³-hybridized carbons (Fsp3) is 0.615. The van der Waals surface area contributed by atoms with E-state index in [9.17, 15) is 9.59 Å².